The summed E-state index contributed by atoms with van der Waals surface area (Å²) in [6, 6.07) is 0.829. The average molecular weight is 272 g/mol. The van der Waals surface area contributed by atoms with E-state index in [0.29, 0.717) is 6.54 Å². The lowest BCUT2D eigenvalue weighted by Crippen LogP contribution is -2.39. The molecule has 1 aromatic heterocycles. The van der Waals surface area contributed by atoms with Crippen molar-refractivity contribution in [2.45, 2.75) is 0 Å². The summed E-state index contributed by atoms with van der Waals surface area (Å²) in [5.41, 5.74) is 0. The number of aromatic nitrogens is 1. The normalized spacial score (nSPS) is 16.4. The SMILES string of the molecule is CNc1nc(NCCN2CCOCC2)c(F)cc1F. The van der Waals surface area contributed by atoms with Gasteiger partial charge in [-0.2, -0.15) is 0 Å². The van der Waals surface area contributed by atoms with Crippen molar-refractivity contribution in [1.82, 2.24) is 9.88 Å². The molecule has 5 nitrogen and oxygen atoms in total. The van der Waals surface area contributed by atoms with E-state index in [0.717, 1.165) is 38.9 Å². The Morgan fingerprint density at radius 2 is 1.95 bits per heavy atom. The fraction of sp³-hybridized carbons (Fsp3) is 0.583. The summed E-state index contributed by atoms with van der Waals surface area (Å²) in [5.74, 6) is -1.27. The molecule has 7 heteroatoms. The van der Waals surface area contributed by atoms with Crippen molar-refractivity contribution in [2.75, 3.05) is 57.1 Å². The first-order chi connectivity index (χ1) is 9.20. The van der Waals surface area contributed by atoms with Crippen molar-refractivity contribution < 1.29 is 13.5 Å². The predicted molar refractivity (Wildman–Crippen MR) is 69.4 cm³/mol. The minimum absolute atomic E-state index is 0.0373. The van der Waals surface area contributed by atoms with Crippen molar-refractivity contribution in [3.05, 3.63) is 17.7 Å². The number of ether oxygens (including phenoxy) is 1. The van der Waals surface area contributed by atoms with Crippen LogP contribution in [0.5, 0.6) is 0 Å². The van der Waals surface area contributed by atoms with Crippen LogP contribution >= 0.6 is 0 Å². The Balaban J connectivity index is 1.88. The Morgan fingerprint density at radius 3 is 2.63 bits per heavy atom. The van der Waals surface area contributed by atoms with Crippen LogP contribution in [0.2, 0.25) is 0 Å². The third-order valence-corrected chi connectivity index (χ3v) is 2.99. The molecule has 2 heterocycles. The summed E-state index contributed by atoms with van der Waals surface area (Å²) in [5, 5.41) is 5.47. The van der Waals surface area contributed by atoms with Crippen molar-refractivity contribution in [2.24, 2.45) is 0 Å². The number of rotatable bonds is 5. The molecule has 0 atom stereocenters. The molecule has 2 N–H and O–H groups in total. The van der Waals surface area contributed by atoms with Crippen molar-refractivity contribution in [3.8, 4) is 0 Å². The number of morpholine rings is 1. The number of hydrogen-bond donors (Lipinski definition) is 2. The Labute approximate surface area is 111 Å². The maximum absolute atomic E-state index is 13.5. The molecule has 0 amide bonds. The highest BCUT2D eigenvalue weighted by Crippen LogP contribution is 2.18. The summed E-state index contributed by atoms with van der Waals surface area (Å²) in [6.45, 7) is 4.54. The van der Waals surface area contributed by atoms with Crippen LogP contribution < -0.4 is 10.6 Å². The molecule has 19 heavy (non-hydrogen) atoms. The lowest BCUT2D eigenvalue weighted by atomic mass is 10.3. The molecule has 1 saturated heterocycles. The monoisotopic (exact) mass is 272 g/mol. The number of halogens is 2. The van der Waals surface area contributed by atoms with E-state index in [2.05, 4.69) is 20.5 Å². The zero-order valence-corrected chi connectivity index (χ0v) is 10.9. The van der Waals surface area contributed by atoms with Crippen LogP contribution in [0.25, 0.3) is 0 Å². The van der Waals surface area contributed by atoms with Crippen LogP contribution in [0.15, 0.2) is 6.07 Å². The second-order valence-corrected chi connectivity index (χ2v) is 4.28. The van der Waals surface area contributed by atoms with E-state index in [1.165, 1.54) is 0 Å². The van der Waals surface area contributed by atoms with E-state index < -0.39 is 11.6 Å². The molecule has 0 bridgehead atoms. The van der Waals surface area contributed by atoms with Gasteiger partial charge in [0.05, 0.1) is 13.2 Å². The third-order valence-electron chi connectivity index (χ3n) is 2.99. The van der Waals surface area contributed by atoms with Gasteiger partial charge >= 0.3 is 0 Å². The first-order valence-electron chi connectivity index (χ1n) is 6.28. The second kappa shape index (κ2) is 6.63. The topological polar surface area (TPSA) is 49.4 Å². The largest absolute Gasteiger partial charge is 0.379 e. The van der Waals surface area contributed by atoms with Gasteiger partial charge in [0.25, 0.3) is 0 Å². The van der Waals surface area contributed by atoms with Gasteiger partial charge in [-0.05, 0) is 0 Å². The van der Waals surface area contributed by atoms with E-state index in [-0.39, 0.29) is 11.6 Å². The molecular weight excluding hydrogens is 254 g/mol. The van der Waals surface area contributed by atoms with E-state index >= 15 is 0 Å². The number of nitrogens with zero attached hydrogens (tertiary/aromatic N) is 2. The molecule has 106 valence electrons. The molecule has 0 saturated carbocycles. The Bertz CT molecular complexity index is 424. The Kier molecular flexibility index (Phi) is 4.86. The van der Waals surface area contributed by atoms with E-state index in [1.54, 1.807) is 7.05 Å². The van der Waals surface area contributed by atoms with Gasteiger partial charge in [0.1, 0.15) is 0 Å². The Morgan fingerprint density at radius 1 is 1.26 bits per heavy atom. The fourth-order valence-electron chi connectivity index (χ4n) is 1.92. The van der Waals surface area contributed by atoms with Gasteiger partial charge in [0, 0.05) is 39.3 Å². The average Bonchev–Trinajstić information content (AvgIpc) is 2.42. The molecule has 1 aliphatic heterocycles. The Hall–Kier alpha value is -1.47. The molecule has 1 fully saturated rings. The zero-order chi connectivity index (χ0) is 13.7. The van der Waals surface area contributed by atoms with E-state index in [9.17, 15) is 8.78 Å². The lowest BCUT2D eigenvalue weighted by molar-refractivity contribution is 0.0398. The number of nitrogens with one attached hydrogen (secondary N) is 2. The molecule has 1 aromatic rings. The van der Waals surface area contributed by atoms with Gasteiger partial charge in [-0.1, -0.05) is 0 Å². The maximum Gasteiger partial charge on any atom is 0.168 e. The third kappa shape index (κ3) is 3.74. The lowest BCUT2D eigenvalue weighted by Gasteiger charge is -2.26. The summed E-state index contributed by atoms with van der Waals surface area (Å²) in [4.78, 5) is 6.08. The van der Waals surface area contributed by atoms with Crippen molar-refractivity contribution in [1.29, 1.82) is 0 Å². The summed E-state index contributed by atoms with van der Waals surface area (Å²) < 4.78 is 32.0. The number of hydrogen-bond acceptors (Lipinski definition) is 5. The standard InChI is InChI=1S/C12H18F2N4O/c1-15-11-9(13)8-10(14)12(17-11)16-2-3-18-4-6-19-7-5-18/h8H,2-7H2,1H3,(H2,15,16,17). The first kappa shape index (κ1) is 14.0. The highest BCUT2D eigenvalue weighted by Gasteiger charge is 2.12. The smallest absolute Gasteiger partial charge is 0.168 e. The quantitative estimate of drug-likeness (QED) is 0.842. The van der Waals surface area contributed by atoms with Crippen LogP contribution in [0.4, 0.5) is 20.4 Å². The van der Waals surface area contributed by atoms with Crippen LogP contribution in [0.1, 0.15) is 0 Å². The minimum Gasteiger partial charge on any atom is -0.379 e. The van der Waals surface area contributed by atoms with Crippen molar-refractivity contribution >= 4 is 11.6 Å². The highest BCUT2D eigenvalue weighted by molar-refractivity contribution is 5.47. The van der Waals surface area contributed by atoms with Gasteiger partial charge in [-0.15, -0.1) is 0 Å². The molecule has 0 unspecified atom stereocenters. The zero-order valence-electron chi connectivity index (χ0n) is 10.9. The van der Waals surface area contributed by atoms with Gasteiger partial charge in [-0.25, -0.2) is 13.8 Å². The maximum atomic E-state index is 13.5. The second-order valence-electron chi connectivity index (χ2n) is 4.28. The van der Waals surface area contributed by atoms with Gasteiger partial charge < -0.3 is 15.4 Å². The summed E-state index contributed by atoms with van der Waals surface area (Å²) >= 11 is 0. The number of pyridine rings is 1. The molecule has 0 aliphatic carbocycles. The van der Waals surface area contributed by atoms with Crippen molar-refractivity contribution in [3.63, 3.8) is 0 Å². The molecule has 1 aliphatic rings. The van der Waals surface area contributed by atoms with Gasteiger partial charge in [0.2, 0.25) is 0 Å². The molecule has 0 spiro atoms. The number of anilines is 2. The van der Waals surface area contributed by atoms with Crippen LogP contribution in [0, 0.1) is 11.6 Å². The molecule has 2 rings (SSSR count). The first-order valence-corrected chi connectivity index (χ1v) is 6.28. The van der Waals surface area contributed by atoms with Crippen LogP contribution in [0.3, 0.4) is 0 Å². The minimum atomic E-state index is -0.696. The molecular formula is C12H18F2N4O. The van der Waals surface area contributed by atoms with Crippen LogP contribution in [-0.2, 0) is 4.74 Å². The summed E-state index contributed by atoms with van der Waals surface area (Å²) in [7, 11) is 1.54. The van der Waals surface area contributed by atoms with Gasteiger partial charge in [0.15, 0.2) is 23.3 Å². The van der Waals surface area contributed by atoms with Crippen LogP contribution in [-0.4, -0.2) is 56.3 Å². The summed E-state index contributed by atoms with van der Waals surface area (Å²) in [6.07, 6.45) is 0. The molecule has 0 aromatic carbocycles. The molecule has 0 radical (unpaired) electrons. The van der Waals surface area contributed by atoms with Gasteiger partial charge in [-0.3, -0.25) is 4.90 Å². The fourth-order valence-corrected chi connectivity index (χ4v) is 1.92. The highest BCUT2D eigenvalue weighted by atomic mass is 19.1. The van der Waals surface area contributed by atoms with E-state index in [4.69, 9.17) is 4.74 Å². The van der Waals surface area contributed by atoms with E-state index in [1.807, 2.05) is 0 Å². The predicted octanol–water partition coefficient (Wildman–Crippen LogP) is 1.15.